The van der Waals surface area contributed by atoms with Gasteiger partial charge in [0.2, 0.25) is 5.91 Å². The molecule has 0 bridgehead atoms. The van der Waals surface area contributed by atoms with Crippen molar-refractivity contribution < 1.29 is 4.79 Å². The lowest BCUT2D eigenvalue weighted by molar-refractivity contribution is -0.122. The number of amides is 1. The molecule has 3 saturated carbocycles. The van der Waals surface area contributed by atoms with Gasteiger partial charge >= 0.3 is 0 Å². The number of carbonyl (C=O) groups excluding carboxylic acids is 1. The fraction of sp³-hybridized carbons (Fsp3) is 0.611. The number of benzene rings is 1. The molecule has 0 radical (unpaired) electrons. The van der Waals surface area contributed by atoms with E-state index in [1.165, 1.54) is 25.7 Å². The molecule has 3 aliphatic rings. The zero-order valence-corrected chi connectivity index (χ0v) is 14.2. The van der Waals surface area contributed by atoms with E-state index in [2.05, 4.69) is 16.7 Å². The highest BCUT2D eigenvalue weighted by atomic mass is 35.5. The van der Waals surface area contributed by atoms with Gasteiger partial charge in [0.15, 0.2) is 0 Å². The van der Waals surface area contributed by atoms with Crippen LogP contribution in [-0.2, 0) is 17.9 Å². The van der Waals surface area contributed by atoms with Gasteiger partial charge in [0.25, 0.3) is 0 Å². The Morgan fingerprint density at radius 2 is 1.83 bits per heavy atom. The van der Waals surface area contributed by atoms with Crippen molar-refractivity contribution in [1.82, 2.24) is 10.6 Å². The van der Waals surface area contributed by atoms with Crippen molar-refractivity contribution >= 4 is 17.5 Å². The van der Waals surface area contributed by atoms with Crippen LogP contribution in [0.1, 0.15) is 49.7 Å². The lowest BCUT2D eigenvalue weighted by Crippen LogP contribution is -2.24. The zero-order valence-electron chi connectivity index (χ0n) is 13.5. The van der Waals surface area contributed by atoms with Crippen molar-refractivity contribution in [2.45, 2.75) is 63.7 Å². The first-order chi connectivity index (χ1) is 11.1. The van der Waals surface area contributed by atoms with Crippen LogP contribution in [0.25, 0.3) is 0 Å². The summed E-state index contributed by atoms with van der Waals surface area (Å²) >= 11 is 6.20. The van der Waals surface area contributed by atoms with Crippen LogP contribution in [0.3, 0.4) is 0 Å². The smallest absolute Gasteiger partial charge is 0.223 e. The number of nitrogens with one attached hydrogen (secondary N) is 2. The summed E-state index contributed by atoms with van der Waals surface area (Å²) < 4.78 is 0. The van der Waals surface area contributed by atoms with E-state index in [9.17, 15) is 4.79 Å². The topological polar surface area (TPSA) is 67.2 Å². The van der Waals surface area contributed by atoms with Gasteiger partial charge in [0.05, 0.1) is 0 Å². The average Bonchev–Trinajstić information content (AvgIpc) is 3.37. The predicted molar refractivity (Wildman–Crippen MR) is 93.1 cm³/mol. The van der Waals surface area contributed by atoms with Gasteiger partial charge in [-0.2, -0.15) is 0 Å². The van der Waals surface area contributed by atoms with Gasteiger partial charge in [-0.25, -0.2) is 0 Å². The van der Waals surface area contributed by atoms with Crippen molar-refractivity contribution in [1.29, 1.82) is 0 Å². The molecule has 126 valence electrons. The first kappa shape index (κ1) is 16.7. The van der Waals surface area contributed by atoms with Crippen molar-refractivity contribution in [3.05, 3.63) is 34.3 Å². The maximum absolute atomic E-state index is 11.6. The highest BCUT2D eigenvalue weighted by Gasteiger charge is 2.29. The quantitative estimate of drug-likeness (QED) is 0.748. The summed E-state index contributed by atoms with van der Waals surface area (Å²) in [5.41, 5.74) is 7.46. The molecular formula is C18H26ClN3O. The standard InChI is InChI=1S/C15H19ClN2O.C3H7N/c16-14-6-1-10(8-18-15(19)11-2-3-11)7-12(14)9-17-13-4-5-13;4-3-1-2-3/h1,6-7,11,13,17H,2-5,8-9H2,(H,18,19);3H,1-2,4H2. The van der Waals surface area contributed by atoms with Gasteiger partial charge in [0.1, 0.15) is 0 Å². The van der Waals surface area contributed by atoms with Gasteiger partial charge in [-0.3, -0.25) is 4.79 Å². The zero-order chi connectivity index (χ0) is 16.2. The summed E-state index contributed by atoms with van der Waals surface area (Å²) in [5, 5.41) is 7.24. The third kappa shape index (κ3) is 6.13. The molecule has 0 atom stereocenters. The molecule has 0 unspecified atom stereocenters. The molecule has 0 aromatic heterocycles. The highest BCUT2D eigenvalue weighted by Crippen LogP contribution is 2.29. The molecule has 3 aliphatic carbocycles. The van der Waals surface area contributed by atoms with E-state index in [4.69, 9.17) is 17.3 Å². The van der Waals surface area contributed by atoms with Gasteiger partial charge in [0, 0.05) is 36.1 Å². The predicted octanol–water partition coefficient (Wildman–Crippen LogP) is 2.73. The molecule has 4 N–H and O–H groups in total. The molecule has 0 saturated heterocycles. The van der Waals surface area contributed by atoms with Crippen LogP contribution >= 0.6 is 11.6 Å². The highest BCUT2D eigenvalue weighted by molar-refractivity contribution is 6.31. The van der Waals surface area contributed by atoms with Crippen molar-refractivity contribution in [3.63, 3.8) is 0 Å². The van der Waals surface area contributed by atoms with Crippen LogP contribution in [-0.4, -0.2) is 18.0 Å². The SMILES string of the molecule is NC1CC1.O=C(NCc1ccc(Cl)c(CNC2CC2)c1)C1CC1. The molecule has 1 aromatic carbocycles. The second-order valence-electron chi connectivity index (χ2n) is 6.91. The number of rotatable bonds is 6. The molecule has 0 heterocycles. The van der Waals surface area contributed by atoms with E-state index in [1.54, 1.807) is 0 Å². The molecular weight excluding hydrogens is 310 g/mol. The minimum absolute atomic E-state index is 0.188. The Balaban J connectivity index is 0.000000341. The Bertz CT molecular complexity index is 551. The number of nitrogens with two attached hydrogens (primary N) is 1. The number of halogens is 1. The van der Waals surface area contributed by atoms with Crippen molar-refractivity contribution in [3.8, 4) is 0 Å². The molecule has 4 rings (SSSR count). The van der Waals surface area contributed by atoms with E-state index in [0.29, 0.717) is 18.6 Å². The first-order valence-electron chi connectivity index (χ1n) is 8.66. The molecule has 0 aliphatic heterocycles. The maximum atomic E-state index is 11.6. The molecule has 5 heteroatoms. The number of hydrogen-bond acceptors (Lipinski definition) is 3. The molecule has 0 spiro atoms. The summed E-state index contributed by atoms with van der Waals surface area (Å²) in [6.07, 6.45) is 7.16. The third-order valence-corrected chi connectivity index (χ3v) is 4.67. The molecule has 1 aromatic rings. The van der Waals surface area contributed by atoms with E-state index < -0.39 is 0 Å². The second kappa shape index (κ2) is 7.65. The lowest BCUT2D eigenvalue weighted by Gasteiger charge is -2.09. The fourth-order valence-electron chi connectivity index (χ4n) is 2.19. The van der Waals surface area contributed by atoms with Gasteiger partial charge in [-0.1, -0.05) is 23.7 Å². The minimum atomic E-state index is 0.188. The minimum Gasteiger partial charge on any atom is -0.352 e. The Kier molecular flexibility index (Phi) is 5.57. The molecule has 3 fully saturated rings. The number of carbonyl (C=O) groups is 1. The molecule has 1 amide bonds. The van der Waals surface area contributed by atoms with E-state index in [1.807, 2.05) is 12.1 Å². The summed E-state index contributed by atoms with van der Waals surface area (Å²) in [7, 11) is 0. The summed E-state index contributed by atoms with van der Waals surface area (Å²) in [4.78, 5) is 11.6. The number of hydrogen-bond donors (Lipinski definition) is 3. The Labute approximate surface area is 143 Å². The average molecular weight is 336 g/mol. The van der Waals surface area contributed by atoms with E-state index in [0.717, 1.165) is 35.5 Å². The maximum Gasteiger partial charge on any atom is 0.223 e. The van der Waals surface area contributed by atoms with Crippen LogP contribution < -0.4 is 16.4 Å². The van der Waals surface area contributed by atoms with Crippen molar-refractivity contribution in [2.24, 2.45) is 11.7 Å². The van der Waals surface area contributed by atoms with Crippen LogP contribution in [0.5, 0.6) is 0 Å². The lowest BCUT2D eigenvalue weighted by atomic mass is 10.1. The second-order valence-corrected chi connectivity index (χ2v) is 7.32. The van der Waals surface area contributed by atoms with Crippen LogP contribution in [0.2, 0.25) is 5.02 Å². The third-order valence-electron chi connectivity index (χ3n) is 4.31. The Morgan fingerprint density at radius 1 is 1.13 bits per heavy atom. The molecule has 4 nitrogen and oxygen atoms in total. The van der Waals surface area contributed by atoms with Crippen LogP contribution in [0.4, 0.5) is 0 Å². The molecule has 23 heavy (non-hydrogen) atoms. The van der Waals surface area contributed by atoms with Gasteiger partial charge in [-0.15, -0.1) is 0 Å². The normalized spacial score (nSPS) is 19.7. The van der Waals surface area contributed by atoms with Gasteiger partial charge in [-0.05, 0) is 55.7 Å². The Hall–Kier alpha value is -1.10. The summed E-state index contributed by atoms with van der Waals surface area (Å²) in [6.45, 7) is 1.41. The summed E-state index contributed by atoms with van der Waals surface area (Å²) in [5.74, 6) is 0.455. The van der Waals surface area contributed by atoms with Crippen LogP contribution in [0, 0.1) is 5.92 Å². The van der Waals surface area contributed by atoms with Gasteiger partial charge < -0.3 is 16.4 Å². The fourth-order valence-corrected chi connectivity index (χ4v) is 2.37. The van der Waals surface area contributed by atoms with E-state index in [-0.39, 0.29) is 11.8 Å². The summed E-state index contributed by atoms with van der Waals surface area (Å²) in [6, 6.07) is 7.25. The first-order valence-corrected chi connectivity index (χ1v) is 9.03. The van der Waals surface area contributed by atoms with Crippen molar-refractivity contribution in [2.75, 3.05) is 0 Å². The van der Waals surface area contributed by atoms with E-state index >= 15 is 0 Å². The van der Waals surface area contributed by atoms with Crippen LogP contribution in [0.15, 0.2) is 18.2 Å². The Morgan fingerprint density at radius 3 is 2.39 bits per heavy atom. The monoisotopic (exact) mass is 335 g/mol. The largest absolute Gasteiger partial charge is 0.352 e.